The van der Waals surface area contributed by atoms with E-state index in [1.54, 1.807) is 0 Å². The van der Waals surface area contributed by atoms with E-state index in [2.05, 4.69) is 6.58 Å². The van der Waals surface area contributed by atoms with Crippen LogP contribution in [0.1, 0.15) is 6.92 Å². The molecule has 0 spiro atoms. The molecule has 0 aliphatic rings. The highest BCUT2D eigenvalue weighted by atomic mass is 35.6. The lowest BCUT2D eigenvalue weighted by atomic mass is 10.9. The normalized spacial score (nSPS) is 9.12. The van der Waals surface area contributed by atoms with Crippen LogP contribution in [0.15, 0.2) is 12.1 Å². The molecule has 0 nitrogen and oxygen atoms in total. The molecule has 0 N–H and O–H groups in total. The van der Waals surface area contributed by atoms with Gasteiger partial charge in [-0.1, -0.05) is 53.0 Å². The molecule has 0 rings (SSSR count). The summed E-state index contributed by atoms with van der Waals surface area (Å²) in [6.07, 6.45) is 0. The van der Waals surface area contributed by atoms with E-state index in [4.69, 9.17) is 46.4 Å². The SMILES string of the molecule is C=CCl.CC(Cl)(Cl)Cl. The Balaban J connectivity index is 0. The topological polar surface area (TPSA) is 0 Å². The molecule has 0 bridgehead atoms. The predicted octanol–water partition coefficient (Wildman–Crippen LogP) is 3.75. The monoisotopic (exact) mass is 194 g/mol. The summed E-state index contributed by atoms with van der Waals surface area (Å²) in [6.45, 7) is 4.61. The van der Waals surface area contributed by atoms with Gasteiger partial charge in [0.1, 0.15) is 0 Å². The van der Waals surface area contributed by atoms with Crippen LogP contribution in [0.2, 0.25) is 0 Å². The number of hydrogen-bond acceptors (Lipinski definition) is 0. The standard InChI is InChI=1S/C2H3Cl3.C2H3Cl/c1-2(3,4)5;1-2-3/h1H3;2H,1H2. The lowest BCUT2D eigenvalue weighted by Gasteiger charge is -1.94. The minimum Gasteiger partial charge on any atom is -0.0936 e. The maximum Gasteiger partial charge on any atom is 0.187 e. The summed E-state index contributed by atoms with van der Waals surface area (Å²) in [7, 11) is 0. The molecular weight excluding hydrogens is 190 g/mol. The molecule has 8 heavy (non-hydrogen) atoms. The zero-order valence-corrected chi connectivity index (χ0v) is 7.32. The summed E-state index contributed by atoms with van der Waals surface area (Å²) in [4.78, 5) is 0. The average Bonchev–Trinajstić information content (AvgIpc) is 1.27. The second-order valence-corrected chi connectivity index (χ2v) is 4.09. The quantitative estimate of drug-likeness (QED) is 0.517. The molecule has 4 heteroatoms. The summed E-state index contributed by atoms with van der Waals surface area (Å²) in [6, 6.07) is 0. The van der Waals surface area contributed by atoms with E-state index >= 15 is 0 Å². The summed E-state index contributed by atoms with van der Waals surface area (Å²) in [5, 5.41) is 0. The van der Waals surface area contributed by atoms with Crippen LogP contribution in [0.5, 0.6) is 0 Å². The second-order valence-electron chi connectivity index (χ2n) is 0.936. The molecule has 0 saturated heterocycles. The van der Waals surface area contributed by atoms with E-state index in [1.165, 1.54) is 12.5 Å². The van der Waals surface area contributed by atoms with Crippen molar-refractivity contribution in [3.05, 3.63) is 12.1 Å². The van der Waals surface area contributed by atoms with Gasteiger partial charge in [-0.3, -0.25) is 0 Å². The Morgan fingerprint density at radius 1 is 1.38 bits per heavy atom. The fourth-order valence-electron chi connectivity index (χ4n) is 0. The Morgan fingerprint density at radius 3 is 1.38 bits per heavy atom. The molecule has 0 amide bonds. The first kappa shape index (κ1) is 11.7. The molecule has 0 aromatic heterocycles. The minimum absolute atomic E-state index is 1.08. The van der Waals surface area contributed by atoms with Gasteiger partial charge in [-0.25, -0.2) is 0 Å². The number of hydrogen-bond donors (Lipinski definition) is 0. The molecule has 0 fully saturated rings. The fourth-order valence-corrected chi connectivity index (χ4v) is 0. The Morgan fingerprint density at radius 2 is 1.38 bits per heavy atom. The van der Waals surface area contributed by atoms with Crippen LogP contribution in [0.25, 0.3) is 0 Å². The van der Waals surface area contributed by atoms with E-state index in [-0.39, 0.29) is 0 Å². The van der Waals surface area contributed by atoms with Gasteiger partial charge in [0, 0.05) is 0 Å². The van der Waals surface area contributed by atoms with Gasteiger partial charge in [-0.05, 0) is 12.5 Å². The van der Waals surface area contributed by atoms with Gasteiger partial charge in [0.15, 0.2) is 3.79 Å². The van der Waals surface area contributed by atoms with E-state index in [0.29, 0.717) is 0 Å². The lowest BCUT2D eigenvalue weighted by molar-refractivity contribution is 1.27. The Kier molecular flexibility index (Phi) is 8.79. The van der Waals surface area contributed by atoms with Crippen molar-refractivity contribution in [1.29, 1.82) is 0 Å². The Bertz CT molecular complexity index is 47.5. The largest absolute Gasteiger partial charge is 0.187 e. The minimum atomic E-state index is -1.08. The summed E-state index contributed by atoms with van der Waals surface area (Å²) >= 11 is 19.9. The van der Waals surface area contributed by atoms with Crippen LogP contribution >= 0.6 is 46.4 Å². The van der Waals surface area contributed by atoms with Crippen molar-refractivity contribution in [3.63, 3.8) is 0 Å². The maximum atomic E-state index is 5.06. The molecule has 0 saturated carbocycles. The summed E-state index contributed by atoms with van der Waals surface area (Å²) in [5.74, 6) is 0. The van der Waals surface area contributed by atoms with Gasteiger partial charge < -0.3 is 0 Å². The predicted molar refractivity (Wildman–Crippen MR) is 42.0 cm³/mol. The van der Waals surface area contributed by atoms with Crippen LogP contribution in [-0.2, 0) is 0 Å². The fraction of sp³-hybridized carbons (Fsp3) is 0.500. The number of halogens is 4. The van der Waals surface area contributed by atoms with Crippen LogP contribution < -0.4 is 0 Å². The lowest BCUT2D eigenvalue weighted by Crippen LogP contribution is -1.87. The molecular formula is C4H6Cl4. The van der Waals surface area contributed by atoms with Crippen molar-refractivity contribution in [1.82, 2.24) is 0 Å². The third-order valence-corrected chi connectivity index (χ3v) is 0. The first-order valence-electron chi connectivity index (χ1n) is 1.69. The van der Waals surface area contributed by atoms with Crippen molar-refractivity contribution in [3.8, 4) is 0 Å². The highest BCUT2D eigenvalue weighted by Crippen LogP contribution is 2.23. The number of alkyl halides is 3. The third kappa shape index (κ3) is 297. The van der Waals surface area contributed by atoms with Crippen molar-refractivity contribution >= 4 is 46.4 Å². The number of rotatable bonds is 0. The first-order valence-corrected chi connectivity index (χ1v) is 3.26. The second kappa shape index (κ2) is 6.03. The van der Waals surface area contributed by atoms with Crippen molar-refractivity contribution in [2.45, 2.75) is 10.7 Å². The van der Waals surface area contributed by atoms with Gasteiger partial charge in [0.05, 0.1) is 0 Å². The van der Waals surface area contributed by atoms with Gasteiger partial charge >= 0.3 is 0 Å². The highest BCUT2D eigenvalue weighted by Gasteiger charge is 2.07. The maximum absolute atomic E-state index is 5.06. The Labute approximate surface area is 69.4 Å². The Hall–Kier alpha value is 0.900. The van der Waals surface area contributed by atoms with Crippen molar-refractivity contribution in [2.75, 3.05) is 0 Å². The van der Waals surface area contributed by atoms with Crippen molar-refractivity contribution in [2.24, 2.45) is 0 Å². The van der Waals surface area contributed by atoms with Gasteiger partial charge in [-0.2, -0.15) is 0 Å². The zero-order chi connectivity index (χ0) is 7.21. The van der Waals surface area contributed by atoms with E-state index in [0.717, 1.165) is 0 Å². The third-order valence-electron chi connectivity index (χ3n) is 0. The summed E-state index contributed by atoms with van der Waals surface area (Å²) < 4.78 is -1.08. The molecule has 0 aliphatic carbocycles. The molecule has 0 unspecified atom stereocenters. The van der Waals surface area contributed by atoms with Crippen LogP contribution in [-0.4, -0.2) is 3.79 Å². The molecule has 50 valence electrons. The van der Waals surface area contributed by atoms with Crippen molar-refractivity contribution < 1.29 is 0 Å². The summed E-state index contributed by atoms with van der Waals surface area (Å²) in [5.41, 5.74) is 1.22. The van der Waals surface area contributed by atoms with Crippen LogP contribution in [0.4, 0.5) is 0 Å². The molecule has 0 radical (unpaired) electrons. The molecule has 0 heterocycles. The molecule has 0 aromatic rings. The van der Waals surface area contributed by atoms with Crippen LogP contribution in [0.3, 0.4) is 0 Å². The van der Waals surface area contributed by atoms with Gasteiger partial charge in [0.2, 0.25) is 0 Å². The van der Waals surface area contributed by atoms with E-state index in [1.807, 2.05) is 0 Å². The zero-order valence-electron chi connectivity index (χ0n) is 4.30. The van der Waals surface area contributed by atoms with E-state index < -0.39 is 3.79 Å². The van der Waals surface area contributed by atoms with Gasteiger partial charge in [0.25, 0.3) is 0 Å². The average molecular weight is 196 g/mol. The van der Waals surface area contributed by atoms with Crippen LogP contribution in [0, 0.1) is 0 Å². The first-order chi connectivity index (χ1) is 3.41. The molecule has 0 aromatic carbocycles. The van der Waals surface area contributed by atoms with Gasteiger partial charge in [-0.15, -0.1) is 0 Å². The molecule has 0 aliphatic heterocycles. The van der Waals surface area contributed by atoms with E-state index in [9.17, 15) is 0 Å². The molecule has 0 atom stereocenters. The highest BCUT2D eigenvalue weighted by molar-refractivity contribution is 6.67. The smallest absolute Gasteiger partial charge is 0.0936 e.